The number of halogens is 1. The molecule has 1 aliphatic carbocycles. The Bertz CT molecular complexity index is 624. The van der Waals surface area contributed by atoms with Gasteiger partial charge in [0.05, 0.1) is 6.04 Å². The molecule has 4 nitrogen and oxygen atoms in total. The normalized spacial score (nSPS) is 30.2. The van der Waals surface area contributed by atoms with E-state index >= 15 is 0 Å². The fourth-order valence-electron chi connectivity index (χ4n) is 4.05. The number of carbonyl (C=O) groups excluding carboxylic acids is 1. The van der Waals surface area contributed by atoms with Gasteiger partial charge in [0.25, 0.3) is 0 Å². The van der Waals surface area contributed by atoms with E-state index in [-0.39, 0.29) is 23.4 Å². The van der Waals surface area contributed by atoms with Crippen LogP contribution < -0.4 is 5.32 Å². The van der Waals surface area contributed by atoms with Crippen LogP contribution in [0.15, 0.2) is 24.3 Å². The van der Waals surface area contributed by atoms with Crippen LogP contribution in [0.1, 0.15) is 57.6 Å². The SMILES string of the molecule is CCC1(NC(=O)N2C(=N)CCC2c2cccc(F)c2)CC(C)C1. The molecule has 0 bridgehead atoms. The van der Waals surface area contributed by atoms with Crippen molar-refractivity contribution >= 4 is 11.9 Å². The highest BCUT2D eigenvalue weighted by Gasteiger charge is 2.44. The van der Waals surface area contributed by atoms with E-state index in [1.54, 1.807) is 6.07 Å². The Kier molecular flexibility index (Phi) is 4.13. The summed E-state index contributed by atoms with van der Waals surface area (Å²) in [5.74, 6) is 0.641. The molecule has 1 aliphatic heterocycles. The summed E-state index contributed by atoms with van der Waals surface area (Å²) >= 11 is 0. The number of amides is 2. The first-order chi connectivity index (χ1) is 10.9. The van der Waals surface area contributed by atoms with Gasteiger partial charge in [-0.2, -0.15) is 0 Å². The predicted molar refractivity (Wildman–Crippen MR) is 87.9 cm³/mol. The number of rotatable bonds is 3. The number of benzene rings is 1. The zero-order chi connectivity index (χ0) is 16.6. The van der Waals surface area contributed by atoms with Gasteiger partial charge in [-0.25, -0.2) is 9.18 Å². The van der Waals surface area contributed by atoms with Gasteiger partial charge in [0.2, 0.25) is 0 Å². The fraction of sp³-hybridized carbons (Fsp3) is 0.556. The molecule has 1 aromatic carbocycles. The molecule has 124 valence electrons. The summed E-state index contributed by atoms with van der Waals surface area (Å²) in [5.41, 5.74) is 0.626. The van der Waals surface area contributed by atoms with Crippen molar-refractivity contribution in [1.29, 1.82) is 5.41 Å². The summed E-state index contributed by atoms with van der Waals surface area (Å²) < 4.78 is 13.5. The van der Waals surface area contributed by atoms with Crippen LogP contribution in [0.2, 0.25) is 0 Å². The van der Waals surface area contributed by atoms with Crippen LogP contribution in [-0.2, 0) is 0 Å². The van der Waals surface area contributed by atoms with Crippen LogP contribution >= 0.6 is 0 Å². The number of urea groups is 1. The smallest absolute Gasteiger partial charge is 0.323 e. The minimum absolute atomic E-state index is 0.133. The Hall–Kier alpha value is -1.91. The number of amidine groups is 1. The number of likely N-dealkylation sites (tertiary alicyclic amines) is 1. The van der Waals surface area contributed by atoms with E-state index in [0.29, 0.717) is 24.6 Å². The molecule has 1 unspecified atom stereocenters. The maximum absolute atomic E-state index is 13.5. The Labute approximate surface area is 136 Å². The number of nitrogens with zero attached hydrogens (tertiary/aromatic N) is 1. The van der Waals surface area contributed by atoms with Gasteiger partial charge >= 0.3 is 6.03 Å². The standard InChI is InChI=1S/C18H24FN3O/c1-3-18(10-12(2)11-18)21-17(23)22-15(7-8-16(22)20)13-5-4-6-14(19)9-13/h4-6,9,12,15,20H,3,7-8,10-11H2,1-2H3,(H,21,23). The van der Waals surface area contributed by atoms with Crippen LogP contribution in [0.4, 0.5) is 9.18 Å². The second kappa shape index (κ2) is 5.95. The number of carbonyl (C=O) groups is 1. The van der Waals surface area contributed by atoms with Gasteiger partial charge in [0.15, 0.2) is 0 Å². The van der Waals surface area contributed by atoms with Gasteiger partial charge in [-0.05, 0) is 49.3 Å². The molecule has 1 saturated heterocycles. The van der Waals surface area contributed by atoms with Crippen molar-refractivity contribution in [3.8, 4) is 0 Å². The molecule has 0 spiro atoms. The van der Waals surface area contributed by atoms with Crippen molar-refractivity contribution in [2.45, 2.75) is 57.5 Å². The van der Waals surface area contributed by atoms with Gasteiger partial charge in [0.1, 0.15) is 11.7 Å². The van der Waals surface area contributed by atoms with Gasteiger partial charge in [-0.3, -0.25) is 10.3 Å². The molecule has 5 heteroatoms. The molecule has 3 rings (SSSR count). The van der Waals surface area contributed by atoms with Crippen LogP contribution in [0.25, 0.3) is 0 Å². The van der Waals surface area contributed by atoms with Crippen molar-refractivity contribution in [1.82, 2.24) is 10.2 Å². The highest BCUT2D eigenvalue weighted by molar-refractivity contribution is 5.98. The quantitative estimate of drug-likeness (QED) is 0.861. The molecule has 1 heterocycles. The van der Waals surface area contributed by atoms with E-state index in [1.807, 2.05) is 6.07 Å². The first-order valence-electron chi connectivity index (χ1n) is 8.38. The van der Waals surface area contributed by atoms with E-state index in [2.05, 4.69) is 19.2 Å². The zero-order valence-electron chi connectivity index (χ0n) is 13.7. The van der Waals surface area contributed by atoms with Crippen LogP contribution in [0.5, 0.6) is 0 Å². The van der Waals surface area contributed by atoms with E-state index in [9.17, 15) is 9.18 Å². The lowest BCUT2D eigenvalue weighted by molar-refractivity contribution is 0.109. The molecule has 1 atom stereocenters. The molecule has 2 fully saturated rings. The summed E-state index contributed by atoms with van der Waals surface area (Å²) in [5, 5.41) is 11.3. The monoisotopic (exact) mass is 317 g/mol. The second-order valence-corrected chi connectivity index (χ2v) is 7.00. The molecular formula is C18H24FN3O. The number of hydrogen-bond acceptors (Lipinski definition) is 2. The lowest BCUT2D eigenvalue weighted by Crippen LogP contribution is -2.59. The number of hydrogen-bond donors (Lipinski definition) is 2. The van der Waals surface area contributed by atoms with Crippen LogP contribution in [-0.4, -0.2) is 22.3 Å². The molecule has 2 N–H and O–H groups in total. The van der Waals surface area contributed by atoms with Crippen LogP contribution in [0, 0.1) is 17.1 Å². The Morgan fingerprint density at radius 3 is 2.83 bits per heavy atom. The fourth-order valence-corrected chi connectivity index (χ4v) is 4.05. The number of nitrogens with one attached hydrogen (secondary N) is 2. The molecular weight excluding hydrogens is 293 g/mol. The zero-order valence-corrected chi connectivity index (χ0v) is 13.7. The van der Waals surface area contributed by atoms with E-state index in [0.717, 1.165) is 24.8 Å². The van der Waals surface area contributed by atoms with Crippen molar-refractivity contribution in [3.63, 3.8) is 0 Å². The Balaban J connectivity index is 1.78. The molecule has 2 aliphatic rings. The van der Waals surface area contributed by atoms with Gasteiger partial charge in [-0.15, -0.1) is 0 Å². The summed E-state index contributed by atoms with van der Waals surface area (Å²) in [7, 11) is 0. The topological polar surface area (TPSA) is 56.2 Å². The molecule has 23 heavy (non-hydrogen) atoms. The molecule has 1 aromatic rings. The van der Waals surface area contributed by atoms with Gasteiger partial charge in [0, 0.05) is 12.0 Å². The Morgan fingerprint density at radius 1 is 1.48 bits per heavy atom. The third-order valence-corrected chi connectivity index (χ3v) is 5.24. The summed E-state index contributed by atoms with van der Waals surface area (Å²) in [4.78, 5) is 14.3. The van der Waals surface area contributed by atoms with E-state index in [1.165, 1.54) is 17.0 Å². The molecule has 0 aromatic heterocycles. The highest BCUT2D eigenvalue weighted by atomic mass is 19.1. The summed E-state index contributed by atoms with van der Waals surface area (Å²) in [6.45, 7) is 4.28. The molecule has 1 saturated carbocycles. The van der Waals surface area contributed by atoms with Crippen molar-refractivity contribution < 1.29 is 9.18 Å². The summed E-state index contributed by atoms with van der Waals surface area (Å²) in [6.07, 6.45) is 4.09. The minimum Gasteiger partial charge on any atom is -0.332 e. The van der Waals surface area contributed by atoms with E-state index < -0.39 is 0 Å². The molecule has 2 amide bonds. The average Bonchev–Trinajstić information content (AvgIpc) is 2.87. The van der Waals surface area contributed by atoms with Crippen molar-refractivity contribution in [2.75, 3.05) is 0 Å². The molecule has 0 radical (unpaired) electrons. The largest absolute Gasteiger partial charge is 0.332 e. The van der Waals surface area contributed by atoms with Gasteiger partial charge < -0.3 is 5.32 Å². The first-order valence-corrected chi connectivity index (χ1v) is 8.38. The predicted octanol–water partition coefficient (Wildman–Crippen LogP) is 4.23. The highest BCUT2D eigenvalue weighted by Crippen LogP contribution is 2.41. The van der Waals surface area contributed by atoms with Gasteiger partial charge in [-0.1, -0.05) is 26.0 Å². The summed E-state index contributed by atoms with van der Waals surface area (Å²) in [6, 6.07) is 5.89. The van der Waals surface area contributed by atoms with Crippen LogP contribution in [0.3, 0.4) is 0 Å². The Morgan fingerprint density at radius 2 is 2.22 bits per heavy atom. The lowest BCUT2D eigenvalue weighted by Gasteiger charge is -2.47. The first kappa shape index (κ1) is 16.0. The third kappa shape index (κ3) is 2.96. The maximum Gasteiger partial charge on any atom is 0.323 e. The maximum atomic E-state index is 13.5. The second-order valence-electron chi connectivity index (χ2n) is 7.00. The van der Waals surface area contributed by atoms with Crippen molar-refractivity contribution in [2.24, 2.45) is 5.92 Å². The average molecular weight is 317 g/mol. The lowest BCUT2D eigenvalue weighted by atomic mass is 9.68. The van der Waals surface area contributed by atoms with Crippen molar-refractivity contribution in [3.05, 3.63) is 35.6 Å². The third-order valence-electron chi connectivity index (χ3n) is 5.24. The van der Waals surface area contributed by atoms with E-state index in [4.69, 9.17) is 5.41 Å². The minimum atomic E-state index is -0.306.